The number of rotatable bonds is 80. The van der Waals surface area contributed by atoms with E-state index < -0.39 is 18.4 Å². The first-order valence-corrected chi connectivity index (χ1v) is 42.2. The van der Waals surface area contributed by atoms with E-state index in [1.54, 1.807) is 0 Å². The second-order valence-electron chi connectivity index (χ2n) is 30.2. The van der Waals surface area contributed by atoms with Gasteiger partial charge in [-0.25, -0.2) is 4.79 Å². The summed E-state index contributed by atoms with van der Waals surface area (Å²) in [5.41, 5.74) is 0. The second-order valence-corrected chi connectivity index (χ2v) is 30.2. The van der Waals surface area contributed by atoms with E-state index in [4.69, 9.17) is 18.9 Å². The van der Waals surface area contributed by atoms with Crippen molar-refractivity contribution >= 4 is 17.9 Å². The van der Waals surface area contributed by atoms with Crippen LogP contribution in [0.15, 0.2) is 36.5 Å². The Hall–Kier alpha value is -2.49. The summed E-state index contributed by atoms with van der Waals surface area (Å²) < 4.78 is 23.1. The predicted octanol–water partition coefficient (Wildman–Crippen LogP) is 27.0. The minimum absolute atomic E-state index is 0.176. The highest BCUT2D eigenvalue weighted by molar-refractivity contribution is 5.71. The molecule has 0 aromatic heterocycles. The summed E-state index contributed by atoms with van der Waals surface area (Å²) >= 11 is 0. The van der Waals surface area contributed by atoms with Crippen LogP contribution in [0.3, 0.4) is 0 Å². The third-order valence-electron chi connectivity index (χ3n) is 19.4. The van der Waals surface area contributed by atoms with Gasteiger partial charge in [0.1, 0.15) is 13.2 Å². The summed E-state index contributed by atoms with van der Waals surface area (Å²) in [6, 6.07) is 0. The fourth-order valence-corrected chi connectivity index (χ4v) is 13.0. The molecule has 0 aliphatic carbocycles. The molecule has 0 rings (SSSR count). The lowest BCUT2D eigenvalue weighted by Gasteiger charge is -2.25. The number of allylic oxidation sites excluding steroid dienone is 6. The highest BCUT2D eigenvalue weighted by Crippen LogP contribution is 2.21. The summed E-state index contributed by atoms with van der Waals surface area (Å²) in [7, 11) is 6.00. The standard InChI is InChI=1S/C86H163NO8/c1-6-8-10-12-14-16-18-20-22-24-26-28-30-32-34-36-38-39-40-41-42-43-44-45-47-48-50-52-54-56-58-60-62-64-66-68-70-72-74-76-83(88)93-80-82(81-94-86(85(90)91)92-79-78-87(3,4)5)95-84(89)77-75-73-71-69-67-65-63-61-59-57-55-53-51-49-46-37-35-33-31-29-27-25-23-21-19-17-15-13-11-9-7-2/h19,21,25,27,31,33,82,86H,6-18,20,22-24,26,28-30,32,34-81H2,1-5H3/p+1/b21-19-,27-25-,33-31-. The van der Waals surface area contributed by atoms with Crippen LogP contribution in [-0.4, -0.2) is 87.4 Å². The number of hydrogen-bond acceptors (Lipinski definition) is 7. The first-order chi connectivity index (χ1) is 46.6. The minimum atomic E-state index is -1.51. The number of carbonyl (C=O) groups excluding carboxylic acids is 2. The average Bonchev–Trinajstić information content (AvgIpc) is 3.24. The fraction of sp³-hybridized carbons (Fsp3) is 0.895. The number of likely N-dealkylation sites (N-methyl/N-ethyl adjacent to an activating group) is 1. The SMILES string of the molecule is CCCCCCC/C=C\C/C=C\C/C=C\CCCCCCCCCCCCCCCCCCC(=O)OC(COC(=O)CCCCCCCCCCCCCCCCCCCCCCCCCCCCCCCCCCCCCCCCC)COC(OCC[N+](C)(C)C)C(=O)O. The quantitative estimate of drug-likeness (QED) is 0.0211. The number of unbranched alkanes of at least 4 members (excludes halogenated alkanes) is 59. The lowest BCUT2D eigenvalue weighted by Crippen LogP contribution is -2.40. The summed E-state index contributed by atoms with van der Waals surface area (Å²) in [4.78, 5) is 37.8. The summed E-state index contributed by atoms with van der Waals surface area (Å²) in [5.74, 6) is -1.97. The van der Waals surface area contributed by atoms with Gasteiger partial charge in [-0.3, -0.25) is 9.59 Å². The van der Waals surface area contributed by atoms with Gasteiger partial charge < -0.3 is 28.5 Å². The van der Waals surface area contributed by atoms with Gasteiger partial charge in [0.25, 0.3) is 6.29 Å². The Morgan fingerprint density at radius 2 is 0.568 bits per heavy atom. The van der Waals surface area contributed by atoms with E-state index in [2.05, 4.69) is 50.3 Å². The highest BCUT2D eigenvalue weighted by atomic mass is 16.7. The van der Waals surface area contributed by atoms with Crippen LogP contribution in [0.4, 0.5) is 0 Å². The normalized spacial score (nSPS) is 12.7. The first kappa shape index (κ1) is 92.5. The lowest BCUT2D eigenvalue weighted by molar-refractivity contribution is -0.870. The maximum Gasteiger partial charge on any atom is 0.361 e. The van der Waals surface area contributed by atoms with Gasteiger partial charge in [-0.1, -0.05) is 410 Å². The molecule has 0 aromatic rings. The molecule has 2 unspecified atom stereocenters. The summed E-state index contributed by atoms with van der Waals surface area (Å²) in [6.45, 7) is 4.95. The number of esters is 2. The molecule has 0 amide bonds. The average molecular weight is 1340 g/mol. The van der Waals surface area contributed by atoms with Gasteiger partial charge in [0.15, 0.2) is 6.10 Å². The number of quaternary nitrogens is 1. The summed E-state index contributed by atoms with van der Waals surface area (Å²) in [5, 5.41) is 9.78. The molecule has 560 valence electrons. The number of carboxylic acids is 1. The molecule has 95 heavy (non-hydrogen) atoms. The molecule has 0 fully saturated rings. The highest BCUT2D eigenvalue weighted by Gasteiger charge is 2.25. The number of carbonyl (C=O) groups is 3. The Bertz CT molecular complexity index is 1650. The fourth-order valence-electron chi connectivity index (χ4n) is 13.0. The van der Waals surface area contributed by atoms with Crippen molar-refractivity contribution in [2.75, 3.05) is 47.5 Å². The van der Waals surface area contributed by atoms with Crippen molar-refractivity contribution in [3.05, 3.63) is 36.5 Å². The maximum absolute atomic E-state index is 13.0. The van der Waals surface area contributed by atoms with E-state index in [0.29, 0.717) is 17.4 Å². The molecule has 9 heteroatoms. The van der Waals surface area contributed by atoms with E-state index in [-0.39, 0.29) is 38.2 Å². The van der Waals surface area contributed by atoms with Gasteiger partial charge in [-0.2, -0.15) is 0 Å². The molecule has 0 aliphatic rings. The lowest BCUT2D eigenvalue weighted by atomic mass is 10.0. The molecule has 9 nitrogen and oxygen atoms in total. The Morgan fingerprint density at radius 1 is 0.316 bits per heavy atom. The zero-order chi connectivity index (χ0) is 69.0. The molecular formula is C86H164NO8+. The number of ether oxygens (including phenoxy) is 4. The first-order valence-electron chi connectivity index (χ1n) is 42.2. The topological polar surface area (TPSA) is 108 Å². The third kappa shape index (κ3) is 78.7. The molecule has 0 saturated heterocycles. The van der Waals surface area contributed by atoms with Gasteiger partial charge in [0.05, 0.1) is 34.4 Å². The predicted molar refractivity (Wildman–Crippen MR) is 411 cm³/mol. The van der Waals surface area contributed by atoms with Crippen LogP contribution >= 0.6 is 0 Å². The molecule has 0 spiro atoms. The molecule has 0 aliphatic heterocycles. The van der Waals surface area contributed by atoms with Crippen molar-refractivity contribution in [2.45, 2.75) is 450 Å². The second kappa shape index (κ2) is 77.3. The van der Waals surface area contributed by atoms with Crippen LogP contribution < -0.4 is 0 Å². The number of carboxylic acid groups (broad SMARTS) is 1. The van der Waals surface area contributed by atoms with Gasteiger partial charge >= 0.3 is 17.9 Å². The van der Waals surface area contributed by atoms with Gasteiger partial charge in [0.2, 0.25) is 0 Å². The Labute approximate surface area is 591 Å². The van der Waals surface area contributed by atoms with Gasteiger partial charge in [-0.15, -0.1) is 0 Å². The van der Waals surface area contributed by atoms with Crippen LogP contribution in [0.25, 0.3) is 0 Å². The smallest absolute Gasteiger partial charge is 0.361 e. The van der Waals surface area contributed by atoms with E-state index in [1.807, 2.05) is 21.1 Å². The van der Waals surface area contributed by atoms with Crippen molar-refractivity contribution in [3.8, 4) is 0 Å². The van der Waals surface area contributed by atoms with Crippen molar-refractivity contribution in [1.82, 2.24) is 0 Å². The molecule has 0 saturated carbocycles. The minimum Gasteiger partial charge on any atom is -0.477 e. The van der Waals surface area contributed by atoms with Crippen LogP contribution in [0.2, 0.25) is 0 Å². The molecule has 0 heterocycles. The van der Waals surface area contributed by atoms with E-state index in [0.717, 1.165) is 51.4 Å². The van der Waals surface area contributed by atoms with Gasteiger partial charge in [0, 0.05) is 12.8 Å². The van der Waals surface area contributed by atoms with E-state index in [9.17, 15) is 19.5 Å². The monoisotopic (exact) mass is 1340 g/mol. The molecule has 0 aromatic carbocycles. The van der Waals surface area contributed by atoms with Crippen molar-refractivity contribution in [2.24, 2.45) is 0 Å². The molecular weight excluding hydrogens is 1170 g/mol. The third-order valence-corrected chi connectivity index (χ3v) is 19.4. The van der Waals surface area contributed by atoms with Crippen LogP contribution in [-0.2, 0) is 33.3 Å². The van der Waals surface area contributed by atoms with Crippen molar-refractivity contribution < 1.29 is 42.9 Å². The van der Waals surface area contributed by atoms with Crippen molar-refractivity contribution in [3.63, 3.8) is 0 Å². The van der Waals surface area contributed by atoms with Crippen LogP contribution in [0.5, 0.6) is 0 Å². The maximum atomic E-state index is 13.0. The Kier molecular flexibility index (Phi) is 75.2. The van der Waals surface area contributed by atoms with Crippen LogP contribution in [0, 0.1) is 0 Å². The molecule has 2 atom stereocenters. The van der Waals surface area contributed by atoms with Crippen LogP contribution in [0.1, 0.15) is 438 Å². The summed E-state index contributed by atoms with van der Waals surface area (Å²) in [6.07, 6.45) is 97.6. The van der Waals surface area contributed by atoms with Gasteiger partial charge in [-0.05, 0) is 51.4 Å². The zero-order valence-corrected chi connectivity index (χ0v) is 64.4. The van der Waals surface area contributed by atoms with Crippen molar-refractivity contribution in [1.29, 1.82) is 0 Å². The van der Waals surface area contributed by atoms with E-state index >= 15 is 0 Å². The Morgan fingerprint density at radius 3 is 0.842 bits per heavy atom. The largest absolute Gasteiger partial charge is 0.477 e. The molecule has 0 bridgehead atoms. The molecule has 1 N–H and O–H groups in total. The Balaban J connectivity index is 3.93. The molecule has 0 radical (unpaired) electrons. The number of hydrogen-bond donors (Lipinski definition) is 1. The number of nitrogens with zero attached hydrogens (tertiary/aromatic N) is 1. The zero-order valence-electron chi connectivity index (χ0n) is 64.4. The van der Waals surface area contributed by atoms with E-state index in [1.165, 1.54) is 360 Å². The number of aliphatic carboxylic acids is 1.